The van der Waals surface area contributed by atoms with Crippen LogP contribution >= 0.6 is 0 Å². The zero-order valence-electron chi connectivity index (χ0n) is 10.6. The van der Waals surface area contributed by atoms with E-state index in [-0.39, 0.29) is 0 Å². The molecule has 0 N–H and O–H groups in total. The van der Waals surface area contributed by atoms with Crippen molar-refractivity contribution in [2.45, 2.75) is 27.7 Å². The Kier molecular flexibility index (Phi) is 4.78. The van der Waals surface area contributed by atoms with Crippen LogP contribution < -0.4 is 0 Å². The highest BCUT2D eigenvalue weighted by Crippen LogP contribution is 2.23. The van der Waals surface area contributed by atoms with E-state index in [1.54, 1.807) is 0 Å². The van der Waals surface area contributed by atoms with Gasteiger partial charge in [0.2, 0.25) is 0 Å². The molecule has 0 aliphatic carbocycles. The van der Waals surface area contributed by atoms with Gasteiger partial charge >= 0.3 is 0 Å². The lowest BCUT2D eigenvalue weighted by atomic mass is 9.97. The van der Waals surface area contributed by atoms with Crippen molar-refractivity contribution in [1.82, 2.24) is 0 Å². The molecule has 0 saturated carbocycles. The molecule has 0 aromatic heterocycles. The zero-order valence-corrected chi connectivity index (χ0v) is 10.6. The molecule has 0 amide bonds. The molecule has 16 heavy (non-hydrogen) atoms. The molecule has 0 spiro atoms. The molecular weight excluding hydrogens is 192 g/mol. The van der Waals surface area contributed by atoms with E-state index in [1.807, 2.05) is 6.92 Å². The summed E-state index contributed by atoms with van der Waals surface area (Å²) in [6.45, 7) is 8.37. The van der Waals surface area contributed by atoms with Crippen molar-refractivity contribution < 1.29 is 0 Å². The molecule has 0 heteroatoms. The predicted molar refractivity (Wildman–Crippen MR) is 73.4 cm³/mol. The Morgan fingerprint density at radius 1 is 1.06 bits per heavy atom. The first-order valence-electron chi connectivity index (χ1n) is 5.72. The fourth-order valence-electron chi connectivity index (χ4n) is 1.54. The van der Waals surface area contributed by atoms with Gasteiger partial charge in [0, 0.05) is 0 Å². The summed E-state index contributed by atoms with van der Waals surface area (Å²) in [6, 6.07) is 8.67. The predicted octanol–water partition coefficient (Wildman–Crippen LogP) is 4.92. The molecule has 1 rings (SSSR count). The highest BCUT2D eigenvalue weighted by Gasteiger charge is 2.01. The Balaban J connectivity index is 3.16. The Morgan fingerprint density at radius 3 is 2.19 bits per heavy atom. The van der Waals surface area contributed by atoms with E-state index >= 15 is 0 Å². The minimum Gasteiger partial charge on any atom is -0.0876 e. The number of rotatable bonds is 3. The quantitative estimate of drug-likeness (QED) is 0.624. The van der Waals surface area contributed by atoms with Crippen molar-refractivity contribution in [3.63, 3.8) is 0 Å². The van der Waals surface area contributed by atoms with Gasteiger partial charge in [-0.3, -0.25) is 0 Å². The second kappa shape index (κ2) is 6.12. The largest absolute Gasteiger partial charge is 0.0876 e. The van der Waals surface area contributed by atoms with Gasteiger partial charge in [0.15, 0.2) is 0 Å². The van der Waals surface area contributed by atoms with Crippen LogP contribution in [0.1, 0.15) is 31.9 Å². The molecule has 0 heterocycles. The molecule has 0 saturated heterocycles. The van der Waals surface area contributed by atoms with E-state index in [4.69, 9.17) is 0 Å². The number of hydrogen-bond donors (Lipinski definition) is 0. The molecule has 1 aromatic rings. The number of hydrogen-bond acceptors (Lipinski definition) is 0. The van der Waals surface area contributed by atoms with Crippen molar-refractivity contribution in [3.8, 4) is 0 Å². The van der Waals surface area contributed by atoms with Crippen molar-refractivity contribution >= 4 is 5.57 Å². The SMILES string of the molecule is C\C=C(C)/C(=C\C=C\C)c1ccc(C)cc1. The van der Waals surface area contributed by atoms with E-state index < -0.39 is 0 Å². The molecule has 0 atom stereocenters. The van der Waals surface area contributed by atoms with E-state index in [0.29, 0.717) is 0 Å². The van der Waals surface area contributed by atoms with Gasteiger partial charge in [-0.2, -0.15) is 0 Å². The highest BCUT2D eigenvalue weighted by atomic mass is 14.1. The minimum absolute atomic E-state index is 1.28. The number of allylic oxidation sites excluding steroid dienone is 6. The topological polar surface area (TPSA) is 0 Å². The Morgan fingerprint density at radius 2 is 1.69 bits per heavy atom. The second-order valence-corrected chi connectivity index (χ2v) is 3.94. The van der Waals surface area contributed by atoms with Crippen LogP contribution in [0, 0.1) is 6.92 Å². The normalized spacial score (nSPS) is 13.5. The standard InChI is InChI=1S/C16H20/c1-5-7-8-16(14(4)6-2)15-11-9-13(3)10-12-15/h5-12H,1-4H3/b7-5+,14-6-,16-8+. The fraction of sp³-hybridized carbons (Fsp3) is 0.250. The molecule has 0 bridgehead atoms. The molecule has 0 nitrogen and oxygen atoms in total. The van der Waals surface area contributed by atoms with E-state index in [0.717, 1.165) is 0 Å². The third-order valence-electron chi connectivity index (χ3n) is 2.68. The number of aryl methyl sites for hydroxylation is 1. The molecule has 0 radical (unpaired) electrons. The van der Waals surface area contributed by atoms with Gasteiger partial charge in [0.25, 0.3) is 0 Å². The Labute approximate surface area is 99.0 Å². The van der Waals surface area contributed by atoms with Crippen LogP contribution in [0.4, 0.5) is 0 Å². The molecule has 0 aliphatic heterocycles. The summed E-state index contributed by atoms with van der Waals surface area (Å²) in [7, 11) is 0. The summed E-state index contributed by atoms with van der Waals surface area (Å²) in [5.41, 5.74) is 5.18. The summed E-state index contributed by atoms with van der Waals surface area (Å²) in [5.74, 6) is 0. The molecule has 0 fully saturated rings. The minimum atomic E-state index is 1.28. The van der Waals surface area contributed by atoms with Gasteiger partial charge < -0.3 is 0 Å². The van der Waals surface area contributed by atoms with Gasteiger partial charge in [0.1, 0.15) is 0 Å². The summed E-state index contributed by atoms with van der Waals surface area (Å²) in [6.07, 6.45) is 8.45. The summed E-state index contributed by atoms with van der Waals surface area (Å²) in [5, 5.41) is 0. The third-order valence-corrected chi connectivity index (χ3v) is 2.68. The zero-order chi connectivity index (χ0) is 12.0. The first kappa shape index (κ1) is 12.5. The van der Waals surface area contributed by atoms with E-state index in [1.165, 1.54) is 22.3 Å². The van der Waals surface area contributed by atoms with Gasteiger partial charge in [-0.1, -0.05) is 54.1 Å². The van der Waals surface area contributed by atoms with Crippen molar-refractivity contribution in [2.75, 3.05) is 0 Å². The lowest BCUT2D eigenvalue weighted by Crippen LogP contribution is -1.86. The van der Waals surface area contributed by atoms with Crippen molar-refractivity contribution in [3.05, 3.63) is 65.3 Å². The summed E-state index contributed by atoms with van der Waals surface area (Å²) >= 11 is 0. The van der Waals surface area contributed by atoms with Gasteiger partial charge in [0.05, 0.1) is 0 Å². The van der Waals surface area contributed by atoms with Crippen LogP contribution in [0.3, 0.4) is 0 Å². The van der Waals surface area contributed by atoms with Crippen LogP contribution in [0.2, 0.25) is 0 Å². The molecule has 0 aliphatic rings. The maximum absolute atomic E-state index is 2.18. The lowest BCUT2D eigenvalue weighted by molar-refractivity contribution is 1.42. The molecular formula is C16H20. The average molecular weight is 212 g/mol. The molecule has 84 valence electrons. The Hall–Kier alpha value is -1.56. The maximum atomic E-state index is 2.18. The van der Waals surface area contributed by atoms with Crippen LogP contribution in [0.25, 0.3) is 5.57 Å². The van der Waals surface area contributed by atoms with Crippen molar-refractivity contribution in [1.29, 1.82) is 0 Å². The first-order chi connectivity index (χ1) is 7.69. The number of benzene rings is 1. The average Bonchev–Trinajstić information content (AvgIpc) is 2.31. The third kappa shape index (κ3) is 3.23. The van der Waals surface area contributed by atoms with Gasteiger partial charge in [-0.15, -0.1) is 0 Å². The van der Waals surface area contributed by atoms with Crippen molar-refractivity contribution in [2.24, 2.45) is 0 Å². The summed E-state index contributed by atoms with van der Waals surface area (Å²) in [4.78, 5) is 0. The second-order valence-electron chi connectivity index (χ2n) is 3.94. The molecule has 1 aromatic carbocycles. The van der Waals surface area contributed by atoms with E-state index in [9.17, 15) is 0 Å². The smallest absolute Gasteiger partial charge is 0.0158 e. The van der Waals surface area contributed by atoms with Gasteiger partial charge in [-0.05, 0) is 44.4 Å². The Bertz CT molecular complexity index is 414. The fourth-order valence-corrected chi connectivity index (χ4v) is 1.54. The molecule has 0 unspecified atom stereocenters. The lowest BCUT2D eigenvalue weighted by Gasteiger charge is -2.08. The van der Waals surface area contributed by atoms with E-state index in [2.05, 4.69) is 69.3 Å². The monoisotopic (exact) mass is 212 g/mol. The summed E-state index contributed by atoms with van der Waals surface area (Å²) < 4.78 is 0. The van der Waals surface area contributed by atoms with Crippen LogP contribution in [0.15, 0.2) is 54.1 Å². The van der Waals surface area contributed by atoms with Crippen LogP contribution in [-0.4, -0.2) is 0 Å². The maximum Gasteiger partial charge on any atom is -0.0158 e. The first-order valence-corrected chi connectivity index (χ1v) is 5.72. The van der Waals surface area contributed by atoms with Crippen LogP contribution in [0.5, 0.6) is 0 Å². The van der Waals surface area contributed by atoms with Gasteiger partial charge in [-0.25, -0.2) is 0 Å². The van der Waals surface area contributed by atoms with Crippen LogP contribution in [-0.2, 0) is 0 Å². The highest BCUT2D eigenvalue weighted by molar-refractivity contribution is 5.79.